The molecule has 162 valence electrons. The second kappa shape index (κ2) is 9.13. The first-order valence-electron chi connectivity index (χ1n) is 10.3. The van der Waals surface area contributed by atoms with E-state index in [2.05, 4.69) is 30.3 Å². The van der Waals surface area contributed by atoms with E-state index in [-0.39, 0.29) is 23.6 Å². The normalized spacial score (nSPS) is 15.0. The molecule has 0 saturated heterocycles. The second-order valence-corrected chi connectivity index (χ2v) is 7.70. The molecule has 2 aromatic heterocycles. The molecule has 9 nitrogen and oxygen atoms in total. The lowest BCUT2D eigenvalue weighted by Crippen LogP contribution is -2.30. The molecule has 0 fully saturated rings. The Kier molecular flexibility index (Phi) is 6.13. The molecule has 3 aromatic rings. The van der Waals surface area contributed by atoms with Gasteiger partial charge in [-0.25, -0.2) is 0 Å². The number of nitrogens with zero attached hydrogens (tertiary/aromatic N) is 4. The number of rotatable bonds is 6. The number of carbonyl (C=O) groups excluding carboxylic acids is 2. The van der Waals surface area contributed by atoms with Crippen molar-refractivity contribution in [2.45, 2.75) is 39.4 Å². The van der Waals surface area contributed by atoms with Gasteiger partial charge in [-0.15, -0.1) is 10.2 Å². The number of fused-ring (bicyclic) bond motifs is 1. The minimum absolute atomic E-state index is 0.0753. The van der Waals surface area contributed by atoms with Crippen LogP contribution in [0.3, 0.4) is 0 Å². The molecule has 3 heterocycles. The molecular formula is C22H26N6O3. The van der Waals surface area contributed by atoms with Crippen molar-refractivity contribution < 1.29 is 14.0 Å². The molecule has 0 saturated carbocycles. The molecule has 2 N–H and O–H groups in total. The van der Waals surface area contributed by atoms with Crippen LogP contribution in [0.5, 0.6) is 0 Å². The van der Waals surface area contributed by atoms with Crippen LogP contribution in [0.25, 0.3) is 0 Å². The largest absolute Gasteiger partial charge is 0.459 e. The van der Waals surface area contributed by atoms with Gasteiger partial charge in [0.05, 0.1) is 12.3 Å². The Morgan fingerprint density at radius 2 is 1.94 bits per heavy atom. The van der Waals surface area contributed by atoms with Gasteiger partial charge in [0.1, 0.15) is 5.82 Å². The summed E-state index contributed by atoms with van der Waals surface area (Å²) in [7, 11) is 0. The number of carbonyl (C=O) groups is 2. The molecule has 31 heavy (non-hydrogen) atoms. The van der Waals surface area contributed by atoms with E-state index in [0.29, 0.717) is 0 Å². The summed E-state index contributed by atoms with van der Waals surface area (Å²) in [6.45, 7) is 6.70. The number of amides is 2. The van der Waals surface area contributed by atoms with Crippen LogP contribution in [0.15, 0.2) is 47.1 Å². The number of furan rings is 1. The van der Waals surface area contributed by atoms with Crippen molar-refractivity contribution in [1.29, 1.82) is 0 Å². The van der Waals surface area contributed by atoms with Gasteiger partial charge >= 0.3 is 0 Å². The first-order valence-corrected chi connectivity index (χ1v) is 10.3. The summed E-state index contributed by atoms with van der Waals surface area (Å²) in [6, 6.07) is 10.9. The predicted octanol–water partition coefficient (Wildman–Crippen LogP) is 2.38. The Bertz CT molecular complexity index is 1040. The van der Waals surface area contributed by atoms with E-state index >= 15 is 0 Å². The average molecular weight is 422 g/mol. The molecule has 0 radical (unpaired) electrons. The maximum Gasteiger partial charge on any atom is 0.287 e. The Balaban J connectivity index is 1.37. The van der Waals surface area contributed by atoms with Gasteiger partial charge in [0.25, 0.3) is 5.91 Å². The average Bonchev–Trinajstić information content (AvgIpc) is 3.37. The SMILES string of the molecule is CC(=O)Nc1ccc(CN2CCc3nnc([C@@H](C)NC(=O)c4ccco4)n3CC2)cc1. The molecule has 0 bridgehead atoms. The monoisotopic (exact) mass is 422 g/mol. The zero-order valence-electron chi connectivity index (χ0n) is 17.7. The first-order chi connectivity index (χ1) is 15.0. The van der Waals surface area contributed by atoms with Gasteiger partial charge in [0, 0.05) is 45.2 Å². The molecule has 1 atom stereocenters. The minimum Gasteiger partial charge on any atom is -0.459 e. The summed E-state index contributed by atoms with van der Waals surface area (Å²) in [5.74, 6) is 1.61. The second-order valence-electron chi connectivity index (χ2n) is 7.70. The maximum absolute atomic E-state index is 12.3. The standard InChI is InChI=1S/C22H26N6O3/c1-15(23-22(30)19-4-3-13-31-19)21-26-25-20-9-10-27(11-12-28(20)21)14-17-5-7-18(8-6-17)24-16(2)29/h3-8,13,15H,9-12,14H2,1-2H3,(H,23,30)(H,24,29)/t15-/m1/s1. The van der Waals surface area contributed by atoms with Crippen LogP contribution in [0.4, 0.5) is 5.69 Å². The Morgan fingerprint density at radius 1 is 1.13 bits per heavy atom. The number of nitrogens with one attached hydrogen (secondary N) is 2. The van der Waals surface area contributed by atoms with Crippen molar-refractivity contribution in [3.05, 3.63) is 65.6 Å². The first kappa shape index (κ1) is 20.8. The summed E-state index contributed by atoms with van der Waals surface area (Å²) in [6.07, 6.45) is 2.26. The van der Waals surface area contributed by atoms with Gasteiger partial charge in [-0.2, -0.15) is 0 Å². The highest BCUT2D eigenvalue weighted by Crippen LogP contribution is 2.18. The summed E-state index contributed by atoms with van der Waals surface area (Å²) in [5.41, 5.74) is 1.99. The molecule has 2 amide bonds. The van der Waals surface area contributed by atoms with Crippen LogP contribution in [-0.4, -0.2) is 44.6 Å². The van der Waals surface area contributed by atoms with Crippen molar-refractivity contribution >= 4 is 17.5 Å². The third-order valence-electron chi connectivity index (χ3n) is 5.31. The van der Waals surface area contributed by atoms with Crippen molar-refractivity contribution in [2.24, 2.45) is 0 Å². The summed E-state index contributed by atoms with van der Waals surface area (Å²) in [5, 5.41) is 14.4. The third-order valence-corrected chi connectivity index (χ3v) is 5.31. The molecule has 1 aromatic carbocycles. The topological polar surface area (TPSA) is 105 Å². The van der Waals surface area contributed by atoms with Gasteiger partial charge in [-0.3, -0.25) is 14.5 Å². The van der Waals surface area contributed by atoms with E-state index in [0.717, 1.165) is 49.9 Å². The van der Waals surface area contributed by atoms with E-state index in [1.54, 1.807) is 12.1 Å². The number of hydrogen-bond donors (Lipinski definition) is 2. The van der Waals surface area contributed by atoms with Crippen molar-refractivity contribution in [3.63, 3.8) is 0 Å². The van der Waals surface area contributed by atoms with E-state index < -0.39 is 0 Å². The van der Waals surface area contributed by atoms with Gasteiger partial charge in [0.2, 0.25) is 5.91 Å². The van der Waals surface area contributed by atoms with Crippen LogP contribution >= 0.6 is 0 Å². The molecule has 0 spiro atoms. The number of aromatic nitrogens is 3. The van der Waals surface area contributed by atoms with Crippen LogP contribution < -0.4 is 10.6 Å². The molecule has 4 rings (SSSR count). The highest BCUT2D eigenvalue weighted by Gasteiger charge is 2.23. The van der Waals surface area contributed by atoms with Crippen molar-refractivity contribution in [2.75, 3.05) is 18.4 Å². The summed E-state index contributed by atoms with van der Waals surface area (Å²) >= 11 is 0. The van der Waals surface area contributed by atoms with Crippen molar-refractivity contribution in [3.8, 4) is 0 Å². The van der Waals surface area contributed by atoms with Crippen LogP contribution in [0.2, 0.25) is 0 Å². The van der Waals surface area contributed by atoms with Crippen LogP contribution in [0.1, 0.15) is 47.7 Å². The highest BCUT2D eigenvalue weighted by molar-refractivity contribution is 5.91. The van der Waals surface area contributed by atoms with E-state index in [1.807, 2.05) is 31.2 Å². The Hall–Kier alpha value is -3.46. The summed E-state index contributed by atoms with van der Waals surface area (Å²) < 4.78 is 7.26. The van der Waals surface area contributed by atoms with Gasteiger partial charge in [-0.05, 0) is 36.8 Å². The maximum atomic E-state index is 12.3. The van der Waals surface area contributed by atoms with Gasteiger partial charge < -0.3 is 19.6 Å². The lowest BCUT2D eigenvalue weighted by molar-refractivity contribution is -0.114. The smallest absolute Gasteiger partial charge is 0.287 e. The number of hydrogen-bond acceptors (Lipinski definition) is 6. The zero-order valence-corrected chi connectivity index (χ0v) is 17.7. The fourth-order valence-corrected chi connectivity index (χ4v) is 3.76. The summed E-state index contributed by atoms with van der Waals surface area (Å²) in [4.78, 5) is 25.8. The molecule has 9 heteroatoms. The molecule has 1 aliphatic rings. The molecular weight excluding hydrogens is 396 g/mol. The lowest BCUT2D eigenvalue weighted by Gasteiger charge is -2.20. The fourth-order valence-electron chi connectivity index (χ4n) is 3.76. The van der Waals surface area contributed by atoms with Crippen LogP contribution in [0, 0.1) is 0 Å². The quantitative estimate of drug-likeness (QED) is 0.632. The highest BCUT2D eigenvalue weighted by atomic mass is 16.3. The third kappa shape index (κ3) is 5.00. The van der Waals surface area contributed by atoms with E-state index in [4.69, 9.17) is 4.42 Å². The van der Waals surface area contributed by atoms with Crippen LogP contribution in [-0.2, 0) is 24.3 Å². The minimum atomic E-state index is -0.285. The molecule has 1 aliphatic heterocycles. The molecule has 0 unspecified atom stereocenters. The van der Waals surface area contributed by atoms with E-state index in [9.17, 15) is 9.59 Å². The fraction of sp³-hybridized carbons (Fsp3) is 0.364. The van der Waals surface area contributed by atoms with Gasteiger partial charge in [0.15, 0.2) is 11.6 Å². The Morgan fingerprint density at radius 3 is 2.65 bits per heavy atom. The molecule has 0 aliphatic carbocycles. The Labute approximate surface area is 180 Å². The predicted molar refractivity (Wildman–Crippen MR) is 114 cm³/mol. The van der Waals surface area contributed by atoms with Crippen molar-refractivity contribution in [1.82, 2.24) is 25.0 Å². The number of benzene rings is 1. The lowest BCUT2D eigenvalue weighted by atomic mass is 10.2. The zero-order chi connectivity index (χ0) is 21.8. The number of anilines is 1. The van der Waals surface area contributed by atoms with Gasteiger partial charge in [-0.1, -0.05) is 12.1 Å². The van der Waals surface area contributed by atoms with E-state index in [1.165, 1.54) is 18.8 Å².